The number of fused-ring (bicyclic) bond motifs is 1. The Labute approximate surface area is 107 Å². The van der Waals surface area contributed by atoms with Gasteiger partial charge in [-0.15, -0.1) is 0 Å². The Morgan fingerprint density at radius 1 is 1.33 bits per heavy atom. The van der Waals surface area contributed by atoms with E-state index in [2.05, 4.69) is 10.0 Å². The number of anilines is 1. The summed E-state index contributed by atoms with van der Waals surface area (Å²) in [5, 5.41) is 2.71. The largest absolute Gasteiger partial charge is 0.325 e. The van der Waals surface area contributed by atoms with Crippen LogP contribution >= 0.6 is 0 Å². The number of amides is 1. The monoisotopic (exact) mass is 268 g/mol. The van der Waals surface area contributed by atoms with Crippen LogP contribution in [-0.2, 0) is 14.8 Å². The van der Waals surface area contributed by atoms with E-state index in [1.807, 2.05) is 0 Å². The summed E-state index contributed by atoms with van der Waals surface area (Å²) in [5.74, 6) is -0.412. The predicted octanol–water partition coefficient (Wildman–Crippen LogP) is 1.43. The first-order valence-corrected chi connectivity index (χ1v) is 7.26. The van der Waals surface area contributed by atoms with Crippen LogP contribution in [0.15, 0.2) is 23.1 Å². The van der Waals surface area contributed by atoms with Crippen LogP contribution < -0.4 is 10.0 Å². The van der Waals surface area contributed by atoms with Gasteiger partial charge in [-0.1, -0.05) is 0 Å². The maximum atomic E-state index is 12.0. The van der Waals surface area contributed by atoms with Crippen LogP contribution in [0.25, 0.3) is 0 Å². The molecule has 0 unspecified atom stereocenters. The maximum absolute atomic E-state index is 12.0. The quantitative estimate of drug-likeness (QED) is 0.870. The van der Waals surface area contributed by atoms with Crippen LogP contribution in [0.1, 0.15) is 32.3 Å². The Morgan fingerprint density at radius 3 is 2.61 bits per heavy atom. The number of carbonyl (C=O) groups excluding carboxylic acids is 1. The fourth-order valence-corrected chi connectivity index (χ4v) is 3.23. The summed E-state index contributed by atoms with van der Waals surface area (Å²) in [5.41, 5.74) is 1.42. The van der Waals surface area contributed by atoms with Gasteiger partial charge in [0.05, 0.1) is 10.8 Å². The highest BCUT2D eigenvalue weighted by Crippen LogP contribution is 2.33. The summed E-state index contributed by atoms with van der Waals surface area (Å²) in [6.07, 6.45) is 0. The summed E-state index contributed by atoms with van der Waals surface area (Å²) in [6.45, 7) is 5.28. The molecule has 0 bridgehead atoms. The van der Waals surface area contributed by atoms with Crippen molar-refractivity contribution in [2.75, 3.05) is 5.32 Å². The van der Waals surface area contributed by atoms with Gasteiger partial charge < -0.3 is 5.32 Å². The molecule has 1 aliphatic rings. The van der Waals surface area contributed by atoms with Crippen LogP contribution in [0, 0.1) is 0 Å². The molecule has 0 aromatic heterocycles. The second-order valence-corrected chi connectivity index (χ2v) is 6.45. The average Bonchev–Trinajstić information content (AvgIpc) is 2.53. The van der Waals surface area contributed by atoms with Crippen LogP contribution in [-0.4, -0.2) is 20.4 Å². The molecule has 0 radical (unpaired) electrons. The summed E-state index contributed by atoms with van der Waals surface area (Å²) < 4.78 is 26.5. The minimum atomic E-state index is -3.51. The van der Waals surface area contributed by atoms with E-state index in [-0.39, 0.29) is 22.8 Å². The van der Waals surface area contributed by atoms with Crippen molar-refractivity contribution in [2.24, 2.45) is 0 Å². The lowest BCUT2D eigenvalue weighted by atomic mass is 10.0. The highest BCUT2D eigenvalue weighted by Gasteiger charge is 2.28. The molecule has 18 heavy (non-hydrogen) atoms. The minimum Gasteiger partial charge on any atom is -0.325 e. The molecule has 1 heterocycles. The van der Waals surface area contributed by atoms with E-state index < -0.39 is 10.0 Å². The summed E-state index contributed by atoms with van der Waals surface area (Å²) in [7, 11) is -3.51. The Balaban J connectivity index is 2.42. The van der Waals surface area contributed by atoms with Crippen molar-refractivity contribution in [3.05, 3.63) is 23.8 Å². The second kappa shape index (κ2) is 4.37. The maximum Gasteiger partial charge on any atom is 0.240 e. The van der Waals surface area contributed by atoms with Crippen LogP contribution in [0.2, 0.25) is 0 Å². The van der Waals surface area contributed by atoms with Gasteiger partial charge in [-0.05, 0) is 44.5 Å². The van der Waals surface area contributed by atoms with Gasteiger partial charge in [-0.2, -0.15) is 0 Å². The SMILES string of the molecule is CC(C)NS(=O)(=O)c1ccc2c(c1)[C@@H](C)C(=O)N2. The number of rotatable bonds is 3. The van der Waals surface area contributed by atoms with Gasteiger partial charge >= 0.3 is 0 Å². The lowest BCUT2D eigenvalue weighted by Crippen LogP contribution is -2.30. The van der Waals surface area contributed by atoms with Gasteiger partial charge in [0.25, 0.3) is 0 Å². The second-order valence-electron chi connectivity index (χ2n) is 4.74. The topological polar surface area (TPSA) is 75.3 Å². The zero-order valence-electron chi connectivity index (χ0n) is 10.5. The molecule has 0 fully saturated rings. The van der Waals surface area contributed by atoms with Gasteiger partial charge in [0.1, 0.15) is 0 Å². The fraction of sp³-hybridized carbons (Fsp3) is 0.417. The standard InChI is InChI=1S/C12H16N2O3S/c1-7(2)14-18(16,17)9-4-5-11-10(6-9)8(3)12(15)13-11/h4-8,14H,1-3H3,(H,13,15)/t8-/m1/s1. The molecule has 6 heteroatoms. The third-order valence-electron chi connectivity index (χ3n) is 2.84. The number of hydrogen-bond donors (Lipinski definition) is 2. The molecule has 98 valence electrons. The van der Waals surface area contributed by atoms with Crippen LogP contribution in [0.4, 0.5) is 5.69 Å². The highest BCUT2D eigenvalue weighted by molar-refractivity contribution is 7.89. The normalized spacial score (nSPS) is 18.9. The molecule has 1 aliphatic heterocycles. The molecular formula is C12H16N2O3S. The first-order chi connectivity index (χ1) is 8.31. The summed E-state index contributed by atoms with van der Waals surface area (Å²) in [6, 6.07) is 4.52. The number of carbonyl (C=O) groups is 1. The number of nitrogens with one attached hydrogen (secondary N) is 2. The Morgan fingerprint density at radius 2 is 2.00 bits per heavy atom. The molecule has 1 aromatic rings. The smallest absolute Gasteiger partial charge is 0.240 e. The average molecular weight is 268 g/mol. The van der Waals surface area contributed by atoms with Gasteiger partial charge in [-0.25, -0.2) is 13.1 Å². The molecule has 1 aromatic carbocycles. The molecule has 0 aliphatic carbocycles. The third-order valence-corrected chi connectivity index (χ3v) is 4.50. The molecule has 5 nitrogen and oxygen atoms in total. The molecule has 1 atom stereocenters. The molecule has 2 N–H and O–H groups in total. The zero-order valence-corrected chi connectivity index (χ0v) is 11.3. The van der Waals surface area contributed by atoms with Crippen molar-refractivity contribution in [1.82, 2.24) is 4.72 Å². The van der Waals surface area contributed by atoms with Crippen LogP contribution in [0.3, 0.4) is 0 Å². The van der Waals surface area contributed by atoms with E-state index in [0.717, 1.165) is 5.56 Å². The van der Waals surface area contributed by atoms with Crippen molar-refractivity contribution >= 4 is 21.6 Å². The van der Waals surface area contributed by atoms with Crippen molar-refractivity contribution in [3.8, 4) is 0 Å². The number of benzene rings is 1. The van der Waals surface area contributed by atoms with Gasteiger partial charge in [0.15, 0.2) is 0 Å². The molecule has 0 saturated carbocycles. The molecule has 2 rings (SSSR count). The van der Waals surface area contributed by atoms with Gasteiger partial charge in [0.2, 0.25) is 15.9 Å². The molecule has 0 saturated heterocycles. The number of sulfonamides is 1. The van der Waals surface area contributed by atoms with Gasteiger partial charge in [-0.3, -0.25) is 4.79 Å². The fourth-order valence-electron chi connectivity index (χ4n) is 1.94. The van der Waals surface area contributed by atoms with Crippen molar-refractivity contribution < 1.29 is 13.2 Å². The summed E-state index contributed by atoms with van der Waals surface area (Å²) in [4.78, 5) is 11.7. The molecular weight excluding hydrogens is 252 g/mol. The Bertz CT molecular complexity index is 593. The van der Waals surface area contributed by atoms with Gasteiger partial charge in [0, 0.05) is 11.7 Å². The lowest BCUT2D eigenvalue weighted by molar-refractivity contribution is -0.116. The van der Waals surface area contributed by atoms with Crippen molar-refractivity contribution in [2.45, 2.75) is 37.6 Å². The third kappa shape index (κ3) is 2.26. The van der Waals surface area contributed by atoms with E-state index in [9.17, 15) is 13.2 Å². The van der Waals surface area contributed by atoms with Crippen molar-refractivity contribution in [1.29, 1.82) is 0 Å². The minimum absolute atomic E-state index is 0.101. The van der Waals surface area contributed by atoms with E-state index in [4.69, 9.17) is 0 Å². The number of hydrogen-bond acceptors (Lipinski definition) is 3. The molecule has 0 spiro atoms. The van der Waals surface area contributed by atoms with Crippen molar-refractivity contribution in [3.63, 3.8) is 0 Å². The van der Waals surface area contributed by atoms with E-state index in [1.165, 1.54) is 6.07 Å². The Hall–Kier alpha value is -1.40. The first-order valence-electron chi connectivity index (χ1n) is 5.78. The zero-order chi connectivity index (χ0) is 13.5. The highest BCUT2D eigenvalue weighted by atomic mass is 32.2. The van der Waals surface area contributed by atoms with E-state index in [0.29, 0.717) is 5.69 Å². The first kappa shape index (κ1) is 13.0. The van der Waals surface area contributed by atoms with E-state index >= 15 is 0 Å². The molecule has 1 amide bonds. The van der Waals surface area contributed by atoms with E-state index in [1.54, 1.807) is 32.9 Å². The summed E-state index contributed by atoms with van der Waals surface area (Å²) >= 11 is 0. The predicted molar refractivity (Wildman–Crippen MR) is 68.9 cm³/mol. The lowest BCUT2D eigenvalue weighted by Gasteiger charge is -2.11. The Kier molecular flexibility index (Phi) is 3.16. The van der Waals surface area contributed by atoms with Crippen LogP contribution in [0.5, 0.6) is 0 Å².